The highest BCUT2D eigenvalue weighted by atomic mass is 32.2. The van der Waals surface area contributed by atoms with E-state index in [1.807, 2.05) is 43.9 Å². The number of aliphatic carboxylic acids is 1. The van der Waals surface area contributed by atoms with Crippen LogP contribution in [0.3, 0.4) is 0 Å². The molecule has 29 heavy (non-hydrogen) atoms. The van der Waals surface area contributed by atoms with Crippen molar-refractivity contribution in [1.29, 1.82) is 0 Å². The number of rotatable bonds is 9. The first-order valence-corrected chi connectivity index (χ1v) is 10.9. The van der Waals surface area contributed by atoms with E-state index in [1.54, 1.807) is 11.8 Å². The van der Waals surface area contributed by atoms with Crippen molar-refractivity contribution in [2.45, 2.75) is 68.9 Å². The van der Waals surface area contributed by atoms with Gasteiger partial charge in [-0.3, -0.25) is 9.69 Å². The van der Waals surface area contributed by atoms with Crippen molar-refractivity contribution in [3.8, 4) is 5.75 Å². The van der Waals surface area contributed by atoms with Crippen LogP contribution in [0.5, 0.6) is 5.75 Å². The minimum absolute atomic E-state index is 0.0137. The molecular formula is C24H33NO3S. The molecule has 0 radical (unpaired) electrons. The molecule has 0 heterocycles. The van der Waals surface area contributed by atoms with Crippen molar-refractivity contribution in [3.05, 3.63) is 54.1 Å². The number of hydrogen-bond donors (Lipinski definition) is 1. The Kier molecular flexibility index (Phi) is 8.17. The molecule has 2 atom stereocenters. The van der Waals surface area contributed by atoms with Gasteiger partial charge in [-0.1, -0.05) is 63.7 Å². The Hall–Kier alpha value is -1.98. The second kappa shape index (κ2) is 10.2. The first kappa shape index (κ1) is 23.3. The molecule has 2 aromatic carbocycles. The molecule has 0 saturated carbocycles. The second-order valence-electron chi connectivity index (χ2n) is 8.34. The normalized spacial score (nSPS) is 13.9. The van der Waals surface area contributed by atoms with Crippen LogP contribution in [0.4, 0.5) is 0 Å². The van der Waals surface area contributed by atoms with Gasteiger partial charge in [0.1, 0.15) is 11.9 Å². The molecule has 0 aromatic heterocycles. The molecule has 2 rings (SSSR count). The van der Waals surface area contributed by atoms with Crippen molar-refractivity contribution in [1.82, 2.24) is 4.90 Å². The van der Waals surface area contributed by atoms with Gasteiger partial charge in [0.05, 0.1) is 11.4 Å². The van der Waals surface area contributed by atoms with Crippen LogP contribution in [0, 0.1) is 0 Å². The molecular weight excluding hydrogens is 382 g/mol. The molecule has 2 unspecified atom stereocenters. The zero-order valence-electron chi connectivity index (χ0n) is 18.3. The van der Waals surface area contributed by atoms with Crippen LogP contribution in [0.2, 0.25) is 0 Å². The van der Waals surface area contributed by atoms with Gasteiger partial charge >= 0.3 is 5.97 Å². The Labute approximate surface area is 179 Å². The molecule has 0 spiro atoms. The topological polar surface area (TPSA) is 49.8 Å². The van der Waals surface area contributed by atoms with E-state index in [0.29, 0.717) is 6.54 Å². The number of hydrogen-bond acceptors (Lipinski definition) is 4. The number of carbonyl (C=O) groups is 1. The van der Waals surface area contributed by atoms with Crippen molar-refractivity contribution in [2.75, 3.05) is 13.1 Å². The minimum Gasteiger partial charge on any atom is -0.488 e. The second-order valence-corrected chi connectivity index (χ2v) is 9.46. The number of carboxylic acids is 1. The third kappa shape index (κ3) is 6.79. The van der Waals surface area contributed by atoms with Crippen LogP contribution >= 0.6 is 11.8 Å². The third-order valence-electron chi connectivity index (χ3n) is 5.11. The summed E-state index contributed by atoms with van der Waals surface area (Å²) in [6.45, 7) is 13.3. The highest BCUT2D eigenvalue weighted by Crippen LogP contribution is 2.36. The van der Waals surface area contributed by atoms with Gasteiger partial charge in [0.2, 0.25) is 0 Å². The lowest BCUT2D eigenvalue weighted by molar-refractivity contribution is -0.139. The Balaban J connectivity index is 2.13. The molecule has 0 fully saturated rings. The van der Waals surface area contributed by atoms with Crippen LogP contribution in [0.15, 0.2) is 58.3 Å². The molecule has 158 valence electrons. The van der Waals surface area contributed by atoms with E-state index >= 15 is 0 Å². The van der Waals surface area contributed by atoms with E-state index in [2.05, 4.69) is 51.1 Å². The lowest BCUT2D eigenvalue weighted by atomic mass is 9.87. The fourth-order valence-corrected chi connectivity index (χ4v) is 3.98. The zero-order chi connectivity index (χ0) is 21.6. The predicted octanol–water partition coefficient (Wildman–Crippen LogP) is 5.70. The maximum atomic E-state index is 11.1. The number of carboxylic acid groups (broad SMARTS) is 1. The van der Waals surface area contributed by atoms with Crippen molar-refractivity contribution < 1.29 is 14.6 Å². The number of nitrogens with zero attached hydrogens (tertiary/aromatic N) is 1. The van der Waals surface area contributed by atoms with E-state index in [0.717, 1.165) is 15.5 Å². The lowest BCUT2D eigenvalue weighted by Gasteiger charge is -2.31. The van der Waals surface area contributed by atoms with E-state index < -0.39 is 5.97 Å². The zero-order valence-corrected chi connectivity index (χ0v) is 19.1. The predicted molar refractivity (Wildman–Crippen MR) is 120 cm³/mol. The molecule has 0 amide bonds. The largest absolute Gasteiger partial charge is 0.488 e. The average Bonchev–Trinajstić information content (AvgIpc) is 2.66. The lowest BCUT2D eigenvalue weighted by Crippen LogP contribution is -2.45. The first-order valence-electron chi connectivity index (χ1n) is 10.1. The van der Waals surface area contributed by atoms with Gasteiger partial charge in [-0.15, -0.1) is 0 Å². The highest BCUT2D eigenvalue weighted by Gasteiger charge is 2.23. The first-order chi connectivity index (χ1) is 13.6. The fourth-order valence-electron chi connectivity index (χ4n) is 3.09. The number of benzene rings is 2. The molecule has 0 aliphatic carbocycles. The summed E-state index contributed by atoms with van der Waals surface area (Å²) >= 11 is 1.68. The minimum atomic E-state index is -0.819. The molecule has 0 saturated heterocycles. The fraction of sp³-hybridized carbons (Fsp3) is 0.458. The molecule has 1 N–H and O–H groups in total. The average molecular weight is 416 g/mol. The summed E-state index contributed by atoms with van der Waals surface area (Å²) in [6.07, 6.45) is -0.140. The van der Waals surface area contributed by atoms with E-state index in [9.17, 15) is 4.79 Å². The van der Waals surface area contributed by atoms with Gasteiger partial charge < -0.3 is 9.84 Å². The SMILES string of the molecule is CCN(CC(=O)O)C(C)C(C)Oc1ccccc1Sc1ccc(C(C)(C)C)cc1. The van der Waals surface area contributed by atoms with E-state index in [1.165, 1.54) is 5.56 Å². The third-order valence-corrected chi connectivity index (χ3v) is 6.18. The molecule has 0 bridgehead atoms. The maximum Gasteiger partial charge on any atom is 0.317 e. The van der Waals surface area contributed by atoms with Crippen molar-refractivity contribution in [2.24, 2.45) is 0 Å². The van der Waals surface area contributed by atoms with Gasteiger partial charge in [-0.25, -0.2) is 0 Å². The highest BCUT2D eigenvalue weighted by molar-refractivity contribution is 7.99. The molecule has 0 aliphatic rings. The summed E-state index contributed by atoms with van der Waals surface area (Å²) in [5.74, 6) is 0.00341. The van der Waals surface area contributed by atoms with E-state index in [4.69, 9.17) is 9.84 Å². The Morgan fingerprint density at radius 2 is 1.72 bits per heavy atom. The Morgan fingerprint density at radius 1 is 1.10 bits per heavy atom. The molecule has 4 nitrogen and oxygen atoms in total. The van der Waals surface area contributed by atoms with Crippen molar-refractivity contribution in [3.63, 3.8) is 0 Å². The van der Waals surface area contributed by atoms with Gasteiger partial charge in [0.15, 0.2) is 0 Å². The summed E-state index contributed by atoms with van der Waals surface area (Å²) in [6, 6.07) is 16.7. The van der Waals surface area contributed by atoms with Gasteiger partial charge in [0.25, 0.3) is 0 Å². The maximum absolute atomic E-state index is 11.1. The summed E-state index contributed by atoms with van der Waals surface area (Å²) in [5.41, 5.74) is 1.45. The van der Waals surface area contributed by atoms with Gasteiger partial charge in [-0.05, 0) is 55.6 Å². The molecule has 0 aliphatic heterocycles. The molecule has 2 aromatic rings. The number of likely N-dealkylation sites (N-methyl/N-ethyl adjacent to an activating group) is 1. The molecule has 5 heteroatoms. The van der Waals surface area contributed by atoms with E-state index in [-0.39, 0.29) is 24.1 Å². The van der Waals surface area contributed by atoms with Gasteiger partial charge in [0, 0.05) is 10.9 Å². The summed E-state index contributed by atoms with van der Waals surface area (Å²) < 4.78 is 6.27. The van der Waals surface area contributed by atoms with Crippen LogP contribution in [-0.4, -0.2) is 41.2 Å². The summed E-state index contributed by atoms with van der Waals surface area (Å²) in [7, 11) is 0. The number of para-hydroxylation sites is 1. The smallest absolute Gasteiger partial charge is 0.317 e. The monoisotopic (exact) mass is 415 g/mol. The van der Waals surface area contributed by atoms with Crippen LogP contribution in [-0.2, 0) is 10.2 Å². The Bertz CT molecular complexity index is 799. The standard InChI is InChI=1S/C24H33NO3S/c1-7-25(16-23(26)27)17(2)18(3)28-21-10-8-9-11-22(21)29-20-14-12-19(13-15-20)24(4,5)6/h8-15,17-18H,7,16H2,1-6H3,(H,26,27). The van der Waals surface area contributed by atoms with Gasteiger partial charge in [-0.2, -0.15) is 0 Å². The van der Waals surface area contributed by atoms with Crippen LogP contribution in [0.25, 0.3) is 0 Å². The summed E-state index contributed by atoms with van der Waals surface area (Å²) in [5, 5.41) is 9.13. The quantitative estimate of drug-likeness (QED) is 0.569. The van der Waals surface area contributed by atoms with Crippen molar-refractivity contribution >= 4 is 17.7 Å². The Morgan fingerprint density at radius 3 is 2.28 bits per heavy atom. The number of ether oxygens (including phenoxy) is 1. The van der Waals surface area contributed by atoms with Crippen LogP contribution in [0.1, 0.15) is 47.1 Å². The van der Waals surface area contributed by atoms with Crippen LogP contribution < -0.4 is 4.74 Å². The summed E-state index contributed by atoms with van der Waals surface area (Å²) in [4.78, 5) is 15.2.